The summed E-state index contributed by atoms with van der Waals surface area (Å²) in [6, 6.07) is 9.07. The van der Waals surface area contributed by atoms with Crippen molar-refractivity contribution >= 4 is 11.6 Å². The first kappa shape index (κ1) is 16.6. The molecule has 6 heteroatoms. The van der Waals surface area contributed by atoms with Gasteiger partial charge >= 0.3 is 0 Å². The van der Waals surface area contributed by atoms with Gasteiger partial charge in [0.05, 0.1) is 26.5 Å². The fraction of sp³-hybridized carbons (Fsp3) is 0.235. The van der Waals surface area contributed by atoms with Crippen LogP contribution in [-0.4, -0.2) is 26.7 Å². The molecule has 122 valence electrons. The molecule has 0 heterocycles. The minimum Gasteiger partial charge on any atom is -0.497 e. The summed E-state index contributed by atoms with van der Waals surface area (Å²) in [5.74, 6) is 0.114. The van der Waals surface area contributed by atoms with E-state index >= 15 is 0 Å². The van der Waals surface area contributed by atoms with Gasteiger partial charge in [-0.15, -0.1) is 0 Å². The topological polar surface area (TPSA) is 56.8 Å². The van der Waals surface area contributed by atoms with Crippen LogP contribution in [0.25, 0.3) is 0 Å². The van der Waals surface area contributed by atoms with Gasteiger partial charge in [-0.3, -0.25) is 4.79 Å². The van der Waals surface area contributed by atoms with Gasteiger partial charge in [0.15, 0.2) is 11.6 Å². The van der Waals surface area contributed by atoms with E-state index in [0.717, 1.165) is 6.07 Å². The maximum atomic E-state index is 13.9. The highest BCUT2D eigenvalue weighted by Gasteiger charge is 2.13. The maximum absolute atomic E-state index is 13.9. The molecule has 0 atom stereocenters. The summed E-state index contributed by atoms with van der Waals surface area (Å²) in [6.45, 7) is 2.11. The number of amides is 1. The minimum absolute atomic E-state index is 0.114. The molecule has 0 spiro atoms. The molecule has 0 radical (unpaired) electrons. The molecular formula is C17H18FNO4. The third kappa shape index (κ3) is 3.91. The number of ether oxygens (including phenoxy) is 3. The van der Waals surface area contributed by atoms with Crippen LogP contribution >= 0.6 is 0 Å². The number of hydrogen-bond donors (Lipinski definition) is 1. The molecule has 5 nitrogen and oxygen atoms in total. The zero-order chi connectivity index (χ0) is 16.8. The summed E-state index contributed by atoms with van der Waals surface area (Å²) in [7, 11) is 3.02. The zero-order valence-corrected chi connectivity index (χ0v) is 13.2. The van der Waals surface area contributed by atoms with Crippen LogP contribution in [0.5, 0.6) is 17.2 Å². The van der Waals surface area contributed by atoms with Gasteiger partial charge in [0.2, 0.25) is 0 Å². The SMILES string of the molecule is CCOc1ccc(C(=O)Nc2cc(OC)ccc2OC)cc1F. The van der Waals surface area contributed by atoms with E-state index in [9.17, 15) is 9.18 Å². The molecule has 0 saturated carbocycles. The lowest BCUT2D eigenvalue weighted by atomic mass is 10.2. The lowest BCUT2D eigenvalue weighted by Gasteiger charge is -2.12. The molecule has 2 rings (SSSR count). The third-order valence-corrected chi connectivity index (χ3v) is 3.15. The quantitative estimate of drug-likeness (QED) is 0.885. The summed E-state index contributed by atoms with van der Waals surface area (Å²) < 4.78 is 29.3. The fourth-order valence-corrected chi connectivity index (χ4v) is 2.02. The van der Waals surface area contributed by atoms with Crippen molar-refractivity contribution in [3.8, 4) is 17.2 Å². The van der Waals surface area contributed by atoms with Crippen molar-refractivity contribution in [2.24, 2.45) is 0 Å². The number of methoxy groups -OCH3 is 2. The van der Waals surface area contributed by atoms with Crippen LogP contribution < -0.4 is 19.5 Å². The van der Waals surface area contributed by atoms with Crippen molar-refractivity contribution in [2.75, 3.05) is 26.1 Å². The molecule has 0 unspecified atom stereocenters. The van der Waals surface area contributed by atoms with E-state index < -0.39 is 11.7 Å². The first-order valence-corrected chi connectivity index (χ1v) is 7.04. The van der Waals surface area contributed by atoms with Gasteiger partial charge in [-0.2, -0.15) is 0 Å². The average molecular weight is 319 g/mol. The fourth-order valence-electron chi connectivity index (χ4n) is 2.02. The second-order valence-corrected chi connectivity index (χ2v) is 4.60. The van der Waals surface area contributed by atoms with Gasteiger partial charge in [0.1, 0.15) is 11.5 Å². The van der Waals surface area contributed by atoms with E-state index in [-0.39, 0.29) is 11.3 Å². The van der Waals surface area contributed by atoms with Gasteiger partial charge in [-0.05, 0) is 37.3 Å². The Morgan fingerprint density at radius 1 is 1.09 bits per heavy atom. The molecule has 2 aromatic carbocycles. The van der Waals surface area contributed by atoms with Crippen LogP contribution in [0.2, 0.25) is 0 Å². The average Bonchev–Trinajstić information content (AvgIpc) is 2.56. The monoisotopic (exact) mass is 319 g/mol. The standard InChI is InChI=1S/C17H18FNO4/c1-4-23-15-7-5-11(9-13(15)18)17(20)19-14-10-12(21-2)6-8-16(14)22-3/h5-10H,4H2,1-3H3,(H,19,20). The maximum Gasteiger partial charge on any atom is 0.255 e. The van der Waals surface area contributed by atoms with E-state index in [1.165, 1.54) is 26.4 Å². The molecule has 23 heavy (non-hydrogen) atoms. The van der Waals surface area contributed by atoms with Crippen LogP contribution in [0, 0.1) is 5.82 Å². The van der Waals surface area contributed by atoms with E-state index in [1.807, 2.05) is 0 Å². The molecule has 0 aliphatic heterocycles. The van der Waals surface area contributed by atoms with Crippen LogP contribution in [-0.2, 0) is 0 Å². The van der Waals surface area contributed by atoms with Crippen LogP contribution in [0.15, 0.2) is 36.4 Å². The van der Waals surface area contributed by atoms with Gasteiger partial charge in [-0.1, -0.05) is 0 Å². The van der Waals surface area contributed by atoms with Crippen molar-refractivity contribution in [1.29, 1.82) is 0 Å². The van der Waals surface area contributed by atoms with Gasteiger partial charge in [0.25, 0.3) is 5.91 Å². The highest BCUT2D eigenvalue weighted by molar-refractivity contribution is 6.05. The Morgan fingerprint density at radius 3 is 2.43 bits per heavy atom. The van der Waals surface area contributed by atoms with E-state index in [4.69, 9.17) is 14.2 Å². The third-order valence-electron chi connectivity index (χ3n) is 3.15. The molecule has 0 bridgehead atoms. The number of benzene rings is 2. The normalized spacial score (nSPS) is 10.1. The van der Waals surface area contributed by atoms with Gasteiger partial charge in [0, 0.05) is 11.6 Å². The summed E-state index contributed by atoms with van der Waals surface area (Å²) in [5.41, 5.74) is 0.613. The molecule has 0 aliphatic carbocycles. The Labute approximate surface area is 134 Å². The Balaban J connectivity index is 2.23. The first-order chi connectivity index (χ1) is 11.1. The highest BCUT2D eigenvalue weighted by Crippen LogP contribution is 2.29. The number of nitrogens with one attached hydrogen (secondary N) is 1. The molecule has 2 aromatic rings. The molecule has 0 saturated heterocycles. The molecule has 0 aromatic heterocycles. The van der Waals surface area contributed by atoms with E-state index in [0.29, 0.717) is 23.8 Å². The van der Waals surface area contributed by atoms with Crippen molar-refractivity contribution in [3.05, 3.63) is 47.8 Å². The first-order valence-electron chi connectivity index (χ1n) is 7.04. The van der Waals surface area contributed by atoms with Crippen LogP contribution in [0.4, 0.5) is 10.1 Å². The second-order valence-electron chi connectivity index (χ2n) is 4.60. The number of anilines is 1. The summed E-state index contributed by atoms with van der Waals surface area (Å²) in [6.07, 6.45) is 0. The number of rotatable bonds is 6. The Bertz CT molecular complexity index is 703. The van der Waals surface area contributed by atoms with Crippen LogP contribution in [0.1, 0.15) is 17.3 Å². The second kappa shape index (κ2) is 7.49. The molecule has 0 aliphatic rings. The Hall–Kier alpha value is -2.76. The zero-order valence-electron chi connectivity index (χ0n) is 13.2. The summed E-state index contributed by atoms with van der Waals surface area (Å²) in [4.78, 5) is 12.3. The smallest absolute Gasteiger partial charge is 0.255 e. The number of carbonyl (C=O) groups is 1. The number of hydrogen-bond acceptors (Lipinski definition) is 4. The molecular weight excluding hydrogens is 301 g/mol. The van der Waals surface area contributed by atoms with E-state index in [2.05, 4.69) is 5.32 Å². The minimum atomic E-state index is -0.586. The largest absolute Gasteiger partial charge is 0.497 e. The summed E-state index contributed by atoms with van der Waals surface area (Å²) in [5, 5.41) is 2.68. The lowest BCUT2D eigenvalue weighted by Crippen LogP contribution is -2.13. The van der Waals surface area contributed by atoms with E-state index in [1.54, 1.807) is 25.1 Å². The van der Waals surface area contributed by atoms with Crippen molar-refractivity contribution in [3.63, 3.8) is 0 Å². The van der Waals surface area contributed by atoms with Crippen LogP contribution in [0.3, 0.4) is 0 Å². The lowest BCUT2D eigenvalue weighted by molar-refractivity contribution is 0.102. The highest BCUT2D eigenvalue weighted by atomic mass is 19.1. The Kier molecular flexibility index (Phi) is 5.41. The predicted octanol–water partition coefficient (Wildman–Crippen LogP) is 3.49. The van der Waals surface area contributed by atoms with Gasteiger partial charge in [-0.25, -0.2) is 4.39 Å². The van der Waals surface area contributed by atoms with Crippen molar-refractivity contribution in [2.45, 2.75) is 6.92 Å². The number of halogens is 1. The number of carbonyl (C=O) groups excluding carboxylic acids is 1. The Morgan fingerprint density at radius 2 is 1.83 bits per heavy atom. The summed E-state index contributed by atoms with van der Waals surface area (Å²) >= 11 is 0. The molecule has 1 amide bonds. The molecule has 0 fully saturated rings. The van der Waals surface area contributed by atoms with Gasteiger partial charge < -0.3 is 19.5 Å². The molecule has 1 N–H and O–H groups in total. The van der Waals surface area contributed by atoms with Crippen molar-refractivity contribution < 1.29 is 23.4 Å². The van der Waals surface area contributed by atoms with Crippen molar-refractivity contribution in [1.82, 2.24) is 0 Å². The predicted molar refractivity (Wildman–Crippen MR) is 85.1 cm³/mol.